The molecule has 0 saturated heterocycles. The van der Waals surface area contributed by atoms with Gasteiger partial charge in [0.15, 0.2) is 6.10 Å². The molecule has 0 N–H and O–H groups in total. The zero-order chi connectivity index (χ0) is 20.1. The van der Waals surface area contributed by atoms with Crippen LogP contribution in [0.15, 0.2) is 59.0 Å². The zero-order valence-corrected chi connectivity index (χ0v) is 15.4. The Bertz CT molecular complexity index is 953. The number of aromatic nitrogens is 2. The second-order valence-corrected chi connectivity index (χ2v) is 6.40. The van der Waals surface area contributed by atoms with Gasteiger partial charge in [-0.3, -0.25) is 14.9 Å². The maximum absolute atomic E-state index is 12.2. The highest BCUT2D eigenvalue weighted by Crippen LogP contribution is 2.25. The van der Waals surface area contributed by atoms with Crippen LogP contribution in [0.4, 0.5) is 5.69 Å². The Labute approximate surface area is 161 Å². The fraction of sp³-hybridized carbons (Fsp3) is 0.250. The average molecular weight is 381 g/mol. The van der Waals surface area contributed by atoms with Gasteiger partial charge in [-0.05, 0) is 30.5 Å². The molecule has 0 aliphatic rings. The minimum Gasteiger partial charge on any atom is -0.453 e. The Kier molecular flexibility index (Phi) is 5.78. The summed E-state index contributed by atoms with van der Waals surface area (Å²) in [5, 5.41) is 18.6. The second kappa shape index (κ2) is 8.43. The van der Waals surface area contributed by atoms with Gasteiger partial charge in [-0.25, -0.2) is 0 Å². The monoisotopic (exact) mass is 381 g/mol. The van der Waals surface area contributed by atoms with Crippen molar-refractivity contribution in [2.75, 3.05) is 0 Å². The number of nitro groups is 1. The van der Waals surface area contributed by atoms with Crippen molar-refractivity contribution in [1.29, 1.82) is 0 Å². The van der Waals surface area contributed by atoms with Crippen LogP contribution in [0.3, 0.4) is 0 Å². The number of hydrogen-bond acceptors (Lipinski definition) is 7. The topological polar surface area (TPSA) is 108 Å². The van der Waals surface area contributed by atoms with Crippen molar-refractivity contribution in [2.45, 2.75) is 32.3 Å². The van der Waals surface area contributed by atoms with E-state index in [1.807, 2.05) is 37.3 Å². The number of nitrogens with zero attached hydrogens (tertiary/aromatic N) is 3. The molecule has 0 aliphatic carbocycles. The maximum atomic E-state index is 12.2. The Balaban J connectivity index is 1.61. The maximum Gasteiger partial charge on any atom is 0.307 e. The summed E-state index contributed by atoms with van der Waals surface area (Å²) >= 11 is 0. The number of carbonyl (C=O) groups is 1. The summed E-state index contributed by atoms with van der Waals surface area (Å²) in [6.45, 7) is 3.61. The number of esters is 1. The van der Waals surface area contributed by atoms with E-state index in [0.29, 0.717) is 5.56 Å². The summed E-state index contributed by atoms with van der Waals surface area (Å²) in [7, 11) is 0. The van der Waals surface area contributed by atoms with Crippen molar-refractivity contribution in [3.63, 3.8) is 0 Å². The van der Waals surface area contributed by atoms with Gasteiger partial charge in [-0.15, -0.1) is 10.2 Å². The smallest absolute Gasteiger partial charge is 0.307 e. The van der Waals surface area contributed by atoms with E-state index in [2.05, 4.69) is 10.2 Å². The van der Waals surface area contributed by atoms with Crippen molar-refractivity contribution in [3.8, 4) is 11.5 Å². The van der Waals surface area contributed by atoms with Crippen LogP contribution in [0.2, 0.25) is 0 Å². The van der Waals surface area contributed by atoms with Crippen LogP contribution in [0.5, 0.6) is 0 Å². The van der Waals surface area contributed by atoms with E-state index in [1.54, 1.807) is 6.92 Å². The lowest BCUT2D eigenvalue weighted by Gasteiger charge is -2.13. The first kappa shape index (κ1) is 19.2. The Morgan fingerprint density at radius 3 is 2.43 bits per heavy atom. The molecule has 28 heavy (non-hydrogen) atoms. The van der Waals surface area contributed by atoms with Crippen molar-refractivity contribution in [3.05, 3.63) is 76.2 Å². The minimum atomic E-state index is -0.699. The Morgan fingerprint density at radius 1 is 1.11 bits per heavy atom. The molecule has 0 saturated carbocycles. The molecule has 3 rings (SSSR count). The van der Waals surface area contributed by atoms with Crippen LogP contribution in [0.1, 0.15) is 43.7 Å². The summed E-state index contributed by atoms with van der Waals surface area (Å²) in [5.74, 6) is 0.0257. The number of carbonyl (C=O) groups excluding carboxylic acids is 1. The number of hydrogen-bond donors (Lipinski definition) is 0. The molecule has 3 aromatic rings. The number of nitro benzene ring substituents is 1. The number of ether oxygens (including phenoxy) is 1. The van der Waals surface area contributed by atoms with Gasteiger partial charge in [0.25, 0.3) is 11.6 Å². The molecule has 0 fully saturated rings. The molecule has 1 aromatic heterocycles. The third kappa shape index (κ3) is 4.59. The first-order valence-corrected chi connectivity index (χ1v) is 8.76. The average Bonchev–Trinajstić information content (AvgIpc) is 3.19. The Morgan fingerprint density at radius 2 is 1.79 bits per heavy atom. The molecular formula is C20H19N3O5. The summed E-state index contributed by atoms with van der Waals surface area (Å²) in [6.07, 6.45) is -0.465. The van der Waals surface area contributed by atoms with Crippen LogP contribution < -0.4 is 0 Å². The van der Waals surface area contributed by atoms with Crippen molar-refractivity contribution in [2.24, 2.45) is 0 Å². The molecule has 0 radical (unpaired) electrons. The molecule has 0 aliphatic heterocycles. The van der Waals surface area contributed by atoms with Crippen LogP contribution in [0, 0.1) is 10.1 Å². The molecule has 0 unspecified atom stereocenters. The van der Waals surface area contributed by atoms with Crippen molar-refractivity contribution in [1.82, 2.24) is 10.2 Å². The largest absolute Gasteiger partial charge is 0.453 e. The fourth-order valence-corrected chi connectivity index (χ4v) is 2.69. The van der Waals surface area contributed by atoms with E-state index >= 15 is 0 Å². The Hall–Kier alpha value is -3.55. The third-order valence-electron chi connectivity index (χ3n) is 4.26. The van der Waals surface area contributed by atoms with Gasteiger partial charge < -0.3 is 9.15 Å². The van der Waals surface area contributed by atoms with E-state index in [0.717, 1.165) is 5.56 Å². The standard InChI is InChI=1S/C20H19N3O5/c1-13(15-6-4-3-5-7-15)12-18(24)27-14(2)19-21-22-20(28-19)16-8-10-17(11-9-16)23(25)26/h3-11,13-14H,12H2,1-2H3/t13-,14+/m1/s1. The second-order valence-electron chi connectivity index (χ2n) is 6.40. The molecule has 2 aromatic carbocycles. The molecule has 1 heterocycles. The molecule has 8 heteroatoms. The lowest BCUT2D eigenvalue weighted by molar-refractivity contribution is -0.384. The predicted molar refractivity (Wildman–Crippen MR) is 100 cm³/mol. The number of rotatable bonds is 7. The first-order valence-electron chi connectivity index (χ1n) is 8.76. The molecular weight excluding hydrogens is 362 g/mol. The van der Waals surface area contributed by atoms with Crippen molar-refractivity contribution < 1.29 is 18.9 Å². The zero-order valence-electron chi connectivity index (χ0n) is 15.4. The van der Waals surface area contributed by atoms with Crippen LogP contribution >= 0.6 is 0 Å². The van der Waals surface area contributed by atoms with Crippen LogP contribution in [-0.2, 0) is 9.53 Å². The van der Waals surface area contributed by atoms with Gasteiger partial charge in [0.2, 0.25) is 5.89 Å². The SMILES string of the molecule is C[C@H](CC(=O)O[C@@H](C)c1nnc(-c2ccc([N+](=O)[O-])cc2)o1)c1ccccc1. The fourth-order valence-electron chi connectivity index (χ4n) is 2.69. The lowest BCUT2D eigenvalue weighted by Crippen LogP contribution is -2.12. The van der Waals surface area contributed by atoms with E-state index in [1.165, 1.54) is 24.3 Å². The molecule has 0 bridgehead atoms. The van der Waals surface area contributed by atoms with Gasteiger partial charge in [0.1, 0.15) is 0 Å². The van der Waals surface area contributed by atoms with Crippen LogP contribution in [-0.4, -0.2) is 21.1 Å². The van der Waals surface area contributed by atoms with Gasteiger partial charge in [0, 0.05) is 17.7 Å². The molecule has 0 spiro atoms. The lowest BCUT2D eigenvalue weighted by atomic mass is 9.98. The van der Waals surface area contributed by atoms with E-state index in [9.17, 15) is 14.9 Å². The van der Waals surface area contributed by atoms with E-state index in [-0.39, 0.29) is 35.8 Å². The van der Waals surface area contributed by atoms with Gasteiger partial charge >= 0.3 is 5.97 Å². The summed E-state index contributed by atoms with van der Waals surface area (Å²) in [6, 6.07) is 15.5. The van der Waals surface area contributed by atoms with Crippen molar-refractivity contribution >= 4 is 11.7 Å². The number of benzene rings is 2. The van der Waals surface area contributed by atoms with Gasteiger partial charge in [-0.2, -0.15) is 0 Å². The molecule has 8 nitrogen and oxygen atoms in total. The van der Waals surface area contributed by atoms with Gasteiger partial charge in [-0.1, -0.05) is 37.3 Å². The first-order chi connectivity index (χ1) is 13.4. The quantitative estimate of drug-likeness (QED) is 0.338. The highest BCUT2D eigenvalue weighted by molar-refractivity contribution is 5.70. The molecule has 144 valence electrons. The van der Waals surface area contributed by atoms with Gasteiger partial charge in [0.05, 0.1) is 11.3 Å². The highest BCUT2D eigenvalue weighted by atomic mass is 16.6. The summed E-state index contributed by atoms with van der Waals surface area (Å²) in [4.78, 5) is 22.4. The van der Waals surface area contributed by atoms with Crippen LogP contribution in [0.25, 0.3) is 11.5 Å². The van der Waals surface area contributed by atoms with E-state index in [4.69, 9.17) is 9.15 Å². The summed E-state index contributed by atoms with van der Waals surface area (Å²) < 4.78 is 11.0. The molecule has 0 amide bonds. The highest BCUT2D eigenvalue weighted by Gasteiger charge is 2.21. The molecule has 2 atom stereocenters. The normalized spacial score (nSPS) is 12.9. The number of non-ortho nitro benzene ring substituents is 1. The third-order valence-corrected chi connectivity index (χ3v) is 4.26. The minimum absolute atomic E-state index is 0.0271. The van der Waals surface area contributed by atoms with E-state index < -0.39 is 11.0 Å². The summed E-state index contributed by atoms with van der Waals surface area (Å²) in [5.41, 5.74) is 1.57. The predicted octanol–water partition coefficient (Wildman–Crippen LogP) is 4.44.